The maximum absolute atomic E-state index is 13.0. The number of halogens is 2. The fraction of sp³-hybridized carbons (Fsp3) is 0.176. The second kappa shape index (κ2) is 5.44. The zero-order valence-electron chi connectivity index (χ0n) is 12.6. The smallest absolute Gasteiger partial charge is 0.448 e. The summed E-state index contributed by atoms with van der Waals surface area (Å²) in [5, 5.41) is 2.52. The third-order valence-corrected chi connectivity index (χ3v) is 3.85. The third-order valence-electron chi connectivity index (χ3n) is 3.85. The molecule has 0 aromatic heterocycles. The van der Waals surface area contributed by atoms with E-state index in [-0.39, 0.29) is 23.6 Å². The Bertz CT molecular complexity index is 883. The monoisotopic (exact) mass is 347 g/mol. The molecule has 128 valence electrons. The van der Waals surface area contributed by atoms with E-state index in [2.05, 4.69) is 14.8 Å². The third kappa shape index (κ3) is 2.86. The van der Waals surface area contributed by atoms with Crippen LogP contribution in [0.2, 0.25) is 0 Å². The molecule has 0 aliphatic carbocycles. The molecule has 4 rings (SSSR count). The first-order valence-corrected chi connectivity index (χ1v) is 7.41. The molecule has 2 heterocycles. The quantitative estimate of drug-likeness (QED) is 0.846. The summed E-state index contributed by atoms with van der Waals surface area (Å²) in [4.78, 5) is 24.3. The molecule has 1 N–H and O–H groups in total. The predicted molar refractivity (Wildman–Crippen MR) is 80.6 cm³/mol. The van der Waals surface area contributed by atoms with Crippen molar-refractivity contribution in [3.8, 4) is 11.5 Å². The van der Waals surface area contributed by atoms with Crippen molar-refractivity contribution in [2.24, 2.45) is 0 Å². The van der Waals surface area contributed by atoms with Crippen molar-refractivity contribution in [2.45, 2.75) is 18.8 Å². The zero-order chi connectivity index (χ0) is 17.6. The fourth-order valence-corrected chi connectivity index (χ4v) is 2.73. The van der Waals surface area contributed by atoms with Crippen LogP contribution in [0.25, 0.3) is 0 Å². The van der Waals surface area contributed by atoms with Gasteiger partial charge in [-0.15, -0.1) is 8.78 Å². The molecule has 0 radical (unpaired) electrons. The van der Waals surface area contributed by atoms with Gasteiger partial charge in [0.1, 0.15) is 0 Å². The van der Waals surface area contributed by atoms with Gasteiger partial charge in [-0.3, -0.25) is 4.79 Å². The Morgan fingerprint density at radius 3 is 2.72 bits per heavy atom. The molecule has 0 saturated heterocycles. The molecule has 0 spiro atoms. The molecular formula is C17H11F2NO5. The summed E-state index contributed by atoms with van der Waals surface area (Å²) in [7, 11) is 0. The molecule has 2 aromatic carbocycles. The van der Waals surface area contributed by atoms with Gasteiger partial charge < -0.3 is 19.5 Å². The number of rotatable bonds is 2. The van der Waals surface area contributed by atoms with Crippen molar-refractivity contribution in [2.75, 3.05) is 5.32 Å². The molecule has 25 heavy (non-hydrogen) atoms. The van der Waals surface area contributed by atoms with Gasteiger partial charge in [0, 0.05) is 18.2 Å². The van der Waals surface area contributed by atoms with Crippen LogP contribution in [0.1, 0.15) is 15.9 Å². The summed E-state index contributed by atoms with van der Waals surface area (Å²) < 4.78 is 39.8. The van der Waals surface area contributed by atoms with Gasteiger partial charge in [0.2, 0.25) is 0 Å². The molecule has 1 atom stereocenters. The molecule has 0 fully saturated rings. The molecule has 1 amide bonds. The Kier molecular flexibility index (Phi) is 3.34. The topological polar surface area (TPSA) is 73.9 Å². The number of carbonyl (C=O) groups is 2. The average molecular weight is 347 g/mol. The molecular weight excluding hydrogens is 336 g/mol. The molecule has 2 aliphatic rings. The number of benzene rings is 2. The van der Waals surface area contributed by atoms with Crippen LogP contribution in [-0.2, 0) is 16.0 Å². The molecule has 0 unspecified atom stereocenters. The Morgan fingerprint density at radius 1 is 1.12 bits per heavy atom. The highest BCUT2D eigenvalue weighted by Crippen LogP contribution is 2.42. The summed E-state index contributed by atoms with van der Waals surface area (Å²) in [6.07, 6.45) is -4.50. The highest BCUT2D eigenvalue weighted by atomic mass is 19.3. The van der Waals surface area contributed by atoms with Gasteiger partial charge in [-0.05, 0) is 23.8 Å². The van der Waals surface area contributed by atoms with Gasteiger partial charge in [0.15, 0.2) is 17.6 Å². The average Bonchev–Trinajstić information content (AvgIpc) is 2.88. The van der Waals surface area contributed by atoms with Gasteiger partial charge in [0.25, 0.3) is 5.91 Å². The Morgan fingerprint density at radius 2 is 1.88 bits per heavy atom. The van der Waals surface area contributed by atoms with E-state index >= 15 is 0 Å². The van der Waals surface area contributed by atoms with Crippen molar-refractivity contribution < 1.29 is 32.6 Å². The van der Waals surface area contributed by atoms with E-state index in [0.717, 1.165) is 0 Å². The maximum atomic E-state index is 13.0. The summed E-state index contributed by atoms with van der Waals surface area (Å²) in [6.45, 7) is 0. The minimum Gasteiger partial charge on any atom is -0.448 e. The van der Waals surface area contributed by atoms with Gasteiger partial charge >= 0.3 is 12.3 Å². The zero-order valence-corrected chi connectivity index (χ0v) is 12.6. The van der Waals surface area contributed by atoms with Crippen LogP contribution in [0.3, 0.4) is 0 Å². The highest BCUT2D eigenvalue weighted by molar-refractivity contribution is 6.00. The number of carbonyl (C=O) groups excluding carboxylic acids is 2. The van der Waals surface area contributed by atoms with E-state index in [1.165, 1.54) is 18.2 Å². The summed E-state index contributed by atoms with van der Waals surface area (Å²) in [6, 6.07) is 10.7. The number of hydrogen-bond acceptors (Lipinski definition) is 5. The number of esters is 1. The second-order valence-corrected chi connectivity index (χ2v) is 5.57. The van der Waals surface area contributed by atoms with E-state index < -0.39 is 24.3 Å². The lowest BCUT2D eigenvalue weighted by atomic mass is 9.98. The maximum Gasteiger partial charge on any atom is 0.586 e. The first kappa shape index (κ1) is 15.4. The lowest BCUT2D eigenvalue weighted by Gasteiger charge is -2.23. The van der Waals surface area contributed by atoms with E-state index in [1.54, 1.807) is 24.3 Å². The van der Waals surface area contributed by atoms with Crippen LogP contribution in [-0.4, -0.2) is 24.3 Å². The summed E-state index contributed by atoms with van der Waals surface area (Å²) >= 11 is 0. The SMILES string of the molecule is O=C1O[C@@H](C(=O)Nc2ccc3c(c2)OC(F)(F)O3)Cc2ccccc21. The van der Waals surface area contributed by atoms with Gasteiger partial charge in [-0.1, -0.05) is 18.2 Å². The number of ether oxygens (including phenoxy) is 3. The van der Waals surface area contributed by atoms with Crippen LogP contribution in [0.5, 0.6) is 11.5 Å². The van der Waals surface area contributed by atoms with E-state index in [1.807, 2.05) is 0 Å². The van der Waals surface area contributed by atoms with Crippen molar-refractivity contribution in [1.29, 1.82) is 0 Å². The van der Waals surface area contributed by atoms with Gasteiger partial charge in [-0.2, -0.15) is 0 Å². The first-order chi connectivity index (χ1) is 11.9. The second-order valence-electron chi connectivity index (χ2n) is 5.57. The van der Waals surface area contributed by atoms with E-state index in [0.29, 0.717) is 11.1 Å². The van der Waals surface area contributed by atoms with Crippen LogP contribution in [0.4, 0.5) is 14.5 Å². The minimum atomic E-state index is -3.73. The number of amides is 1. The Balaban J connectivity index is 1.50. The van der Waals surface area contributed by atoms with Crippen LogP contribution in [0, 0.1) is 0 Å². The minimum absolute atomic E-state index is 0.124. The fourth-order valence-electron chi connectivity index (χ4n) is 2.73. The molecule has 2 aromatic rings. The lowest BCUT2D eigenvalue weighted by molar-refractivity contribution is -0.286. The van der Waals surface area contributed by atoms with Crippen molar-refractivity contribution in [1.82, 2.24) is 0 Å². The Hall–Kier alpha value is -3.16. The Labute approximate surface area is 140 Å². The molecule has 0 saturated carbocycles. The summed E-state index contributed by atoms with van der Waals surface area (Å²) in [5.74, 6) is -1.45. The number of hydrogen-bond donors (Lipinski definition) is 1. The van der Waals surface area contributed by atoms with Crippen molar-refractivity contribution >= 4 is 17.6 Å². The number of cyclic esters (lactones) is 1. The van der Waals surface area contributed by atoms with E-state index in [9.17, 15) is 18.4 Å². The number of anilines is 1. The number of alkyl halides is 2. The molecule has 6 nitrogen and oxygen atoms in total. The van der Waals surface area contributed by atoms with Gasteiger partial charge in [-0.25, -0.2) is 4.79 Å². The molecule has 0 bridgehead atoms. The highest BCUT2D eigenvalue weighted by Gasteiger charge is 2.43. The normalized spacial score (nSPS) is 19.8. The predicted octanol–water partition coefficient (Wildman–Crippen LogP) is 2.73. The molecule has 8 heteroatoms. The largest absolute Gasteiger partial charge is 0.586 e. The number of fused-ring (bicyclic) bond motifs is 2. The lowest BCUT2D eigenvalue weighted by Crippen LogP contribution is -2.37. The van der Waals surface area contributed by atoms with Crippen LogP contribution < -0.4 is 14.8 Å². The van der Waals surface area contributed by atoms with E-state index in [4.69, 9.17) is 4.74 Å². The van der Waals surface area contributed by atoms with Crippen molar-refractivity contribution in [3.05, 3.63) is 53.6 Å². The van der Waals surface area contributed by atoms with Crippen LogP contribution in [0.15, 0.2) is 42.5 Å². The van der Waals surface area contributed by atoms with Gasteiger partial charge in [0.05, 0.1) is 5.56 Å². The summed E-state index contributed by atoms with van der Waals surface area (Å²) in [5.41, 5.74) is 1.36. The van der Waals surface area contributed by atoms with Crippen molar-refractivity contribution in [3.63, 3.8) is 0 Å². The first-order valence-electron chi connectivity index (χ1n) is 7.41. The molecule has 2 aliphatic heterocycles. The van der Waals surface area contributed by atoms with Crippen LogP contribution >= 0.6 is 0 Å². The standard InChI is InChI=1S/C17H11F2NO5/c18-17(19)24-12-6-5-10(8-13(12)25-17)20-15(21)14-7-9-3-1-2-4-11(9)16(22)23-14/h1-6,8,14H,7H2,(H,20,21)/t14-/m1/s1. The number of nitrogens with one attached hydrogen (secondary N) is 1.